The summed E-state index contributed by atoms with van der Waals surface area (Å²) in [6, 6.07) is 14.5. The lowest BCUT2D eigenvalue weighted by atomic mass is 10.2. The SMILES string of the molecule is COCCCN(Cc1ccc(F)c(F)c1)Cc1cccn1Cc1ccc(F)cc1. The molecule has 2 aromatic carbocycles. The Hall–Kier alpha value is -2.57. The number of rotatable bonds is 10. The Bertz CT molecular complexity index is 909. The van der Waals surface area contributed by atoms with Crippen LogP contribution >= 0.6 is 0 Å². The maximum absolute atomic E-state index is 13.6. The molecule has 29 heavy (non-hydrogen) atoms. The molecule has 0 unspecified atom stereocenters. The predicted octanol–water partition coefficient (Wildman–Crippen LogP) is 4.99. The lowest BCUT2D eigenvalue weighted by molar-refractivity contribution is 0.165. The Morgan fingerprint density at radius 2 is 1.66 bits per heavy atom. The van der Waals surface area contributed by atoms with Crippen LogP contribution < -0.4 is 0 Å². The molecular weight excluding hydrogens is 377 g/mol. The maximum Gasteiger partial charge on any atom is 0.159 e. The van der Waals surface area contributed by atoms with Crippen LogP contribution in [0.4, 0.5) is 13.2 Å². The van der Waals surface area contributed by atoms with Crippen LogP contribution in [0.1, 0.15) is 23.2 Å². The molecule has 0 atom stereocenters. The van der Waals surface area contributed by atoms with Gasteiger partial charge < -0.3 is 9.30 Å². The zero-order valence-corrected chi connectivity index (χ0v) is 16.5. The van der Waals surface area contributed by atoms with Crippen molar-refractivity contribution in [2.75, 3.05) is 20.3 Å². The van der Waals surface area contributed by atoms with E-state index >= 15 is 0 Å². The summed E-state index contributed by atoms with van der Waals surface area (Å²) in [5.41, 5.74) is 2.82. The number of aromatic nitrogens is 1. The van der Waals surface area contributed by atoms with Gasteiger partial charge >= 0.3 is 0 Å². The van der Waals surface area contributed by atoms with Gasteiger partial charge in [0.25, 0.3) is 0 Å². The van der Waals surface area contributed by atoms with Crippen LogP contribution in [-0.4, -0.2) is 29.7 Å². The topological polar surface area (TPSA) is 17.4 Å². The third-order valence-corrected chi connectivity index (χ3v) is 4.79. The highest BCUT2D eigenvalue weighted by Crippen LogP contribution is 2.16. The van der Waals surface area contributed by atoms with Crippen molar-refractivity contribution in [2.45, 2.75) is 26.1 Å². The fraction of sp³-hybridized carbons (Fsp3) is 0.304. The van der Waals surface area contributed by atoms with E-state index < -0.39 is 11.6 Å². The summed E-state index contributed by atoms with van der Waals surface area (Å²) in [7, 11) is 1.66. The number of hydrogen-bond donors (Lipinski definition) is 0. The lowest BCUT2D eigenvalue weighted by Gasteiger charge is -2.23. The first-order valence-corrected chi connectivity index (χ1v) is 9.59. The average molecular weight is 402 g/mol. The van der Waals surface area contributed by atoms with Crippen LogP contribution in [0.5, 0.6) is 0 Å². The zero-order valence-electron chi connectivity index (χ0n) is 16.5. The van der Waals surface area contributed by atoms with Crippen LogP contribution in [0.2, 0.25) is 0 Å². The standard InChI is InChI=1S/C23H25F3N2O/c1-29-13-3-11-27(15-19-7-10-22(25)23(26)14-19)17-21-4-2-12-28(21)16-18-5-8-20(24)9-6-18/h2,4-10,12,14H,3,11,13,15-17H2,1H3. The van der Waals surface area contributed by atoms with Crippen LogP contribution in [0.15, 0.2) is 60.8 Å². The third kappa shape index (κ3) is 6.21. The molecule has 3 nitrogen and oxygen atoms in total. The van der Waals surface area contributed by atoms with Crippen molar-refractivity contribution in [2.24, 2.45) is 0 Å². The van der Waals surface area contributed by atoms with Crippen LogP contribution in [-0.2, 0) is 24.4 Å². The summed E-state index contributed by atoms with van der Waals surface area (Å²) in [5.74, 6) is -1.93. The van der Waals surface area contributed by atoms with Gasteiger partial charge in [0.15, 0.2) is 11.6 Å². The summed E-state index contributed by atoms with van der Waals surface area (Å²) in [6.45, 7) is 3.18. The van der Waals surface area contributed by atoms with Crippen LogP contribution in [0, 0.1) is 17.5 Å². The summed E-state index contributed by atoms with van der Waals surface area (Å²) in [4.78, 5) is 2.18. The number of hydrogen-bond acceptors (Lipinski definition) is 2. The van der Waals surface area contributed by atoms with Gasteiger partial charge in [-0.1, -0.05) is 18.2 Å². The van der Waals surface area contributed by atoms with E-state index in [2.05, 4.69) is 9.47 Å². The first kappa shape index (κ1) is 21.1. The van der Waals surface area contributed by atoms with Gasteiger partial charge in [-0.2, -0.15) is 0 Å². The number of halogens is 3. The van der Waals surface area contributed by atoms with E-state index in [9.17, 15) is 13.2 Å². The Balaban J connectivity index is 1.72. The molecule has 0 spiro atoms. The molecule has 0 saturated carbocycles. The van der Waals surface area contributed by atoms with Gasteiger partial charge in [-0.25, -0.2) is 13.2 Å². The highest BCUT2D eigenvalue weighted by molar-refractivity contribution is 5.20. The largest absolute Gasteiger partial charge is 0.385 e. The van der Waals surface area contributed by atoms with Crippen LogP contribution in [0.3, 0.4) is 0 Å². The molecule has 0 amide bonds. The average Bonchev–Trinajstić information content (AvgIpc) is 3.13. The van der Waals surface area contributed by atoms with Crippen LogP contribution in [0.25, 0.3) is 0 Å². The molecule has 0 aliphatic rings. The van der Waals surface area contributed by atoms with E-state index in [1.807, 2.05) is 18.3 Å². The first-order chi connectivity index (χ1) is 14.0. The van der Waals surface area contributed by atoms with E-state index in [0.717, 1.165) is 35.9 Å². The predicted molar refractivity (Wildman–Crippen MR) is 107 cm³/mol. The quantitative estimate of drug-likeness (QED) is 0.445. The Kier molecular flexibility index (Phi) is 7.49. The summed E-state index contributed by atoms with van der Waals surface area (Å²) >= 11 is 0. The maximum atomic E-state index is 13.6. The molecule has 3 rings (SSSR count). The van der Waals surface area contributed by atoms with Crippen molar-refractivity contribution in [1.82, 2.24) is 9.47 Å². The zero-order chi connectivity index (χ0) is 20.6. The van der Waals surface area contributed by atoms with Gasteiger partial charge in [-0.3, -0.25) is 4.90 Å². The third-order valence-electron chi connectivity index (χ3n) is 4.79. The number of nitrogens with zero attached hydrogens (tertiary/aromatic N) is 2. The molecule has 0 aliphatic carbocycles. The van der Waals surface area contributed by atoms with Gasteiger partial charge in [-0.05, 0) is 53.9 Å². The number of benzene rings is 2. The second kappa shape index (κ2) is 10.3. The summed E-state index contributed by atoms with van der Waals surface area (Å²) in [6.07, 6.45) is 2.82. The Morgan fingerprint density at radius 3 is 2.38 bits per heavy atom. The molecule has 3 aromatic rings. The molecule has 0 fully saturated rings. The fourth-order valence-corrected chi connectivity index (χ4v) is 3.31. The minimum atomic E-state index is -0.840. The van der Waals surface area contributed by atoms with E-state index in [1.165, 1.54) is 18.2 Å². The Labute approximate surface area is 169 Å². The normalized spacial score (nSPS) is 11.3. The van der Waals surface area contributed by atoms with E-state index in [4.69, 9.17) is 4.74 Å². The first-order valence-electron chi connectivity index (χ1n) is 9.59. The summed E-state index contributed by atoms with van der Waals surface area (Å²) < 4.78 is 47.3. The van der Waals surface area contributed by atoms with Crippen molar-refractivity contribution in [3.63, 3.8) is 0 Å². The smallest absolute Gasteiger partial charge is 0.159 e. The van der Waals surface area contributed by atoms with E-state index in [1.54, 1.807) is 25.3 Å². The van der Waals surface area contributed by atoms with Crippen molar-refractivity contribution in [3.05, 3.63) is 95.1 Å². The minimum absolute atomic E-state index is 0.252. The monoisotopic (exact) mass is 402 g/mol. The van der Waals surface area contributed by atoms with E-state index in [-0.39, 0.29) is 5.82 Å². The molecular formula is C23H25F3N2O. The lowest BCUT2D eigenvalue weighted by Crippen LogP contribution is -2.26. The fourth-order valence-electron chi connectivity index (χ4n) is 3.31. The second-order valence-corrected chi connectivity index (χ2v) is 7.06. The van der Waals surface area contributed by atoms with E-state index in [0.29, 0.717) is 26.2 Å². The molecule has 0 radical (unpaired) electrons. The molecule has 0 N–H and O–H groups in total. The van der Waals surface area contributed by atoms with Gasteiger partial charge in [0, 0.05) is 51.8 Å². The summed E-state index contributed by atoms with van der Waals surface area (Å²) in [5, 5.41) is 0. The van der Waals surface area contributed by atoms with Crippen molar-refractivity contribution in [3.8, 4) is 0 Å². The number of methoxy groups -OCH3 is 1. The molecule has 0 bridgehead atoms. The molecule has 154 valence electrons. The molecule has 1 aromatic heterocycles. The second-order valence-electron chi connectivity index (χ2n) is 7.06. The van der Waals surface area contributed by atoms with Crippen molar-refractivity contribution >= 4 is 0 Å². The highest BCUT2D eigenvalue weighted by Gasteiger charge is 2.12. The highest BCUT2D eigenvalue weighted by atomic mass is 19.2. The van der Waals surface area contributed by atoms with Crippen molar-refractivity contribution in [1.29, 1.82) is 0 Å². The Morgan fingerprint density at radius 1 is 0.897 bits per heavy atom. The molecule has 0 saturated heterocycles. The van der Waals surface area contributed by atoms with Gasteiger partial charge in [-0.15, -0.1) is 0 Å². The number of ether oxygens (including phenoxy) is 1. The van der Waals surface area contributed by atoms with Gasteiger partial charge in [0.05, 0.1) is 0 Å². The van der Waals surface area contributed by atoms with Gasteiger partial charge in [0.2, 0.25) is 0 Å². The molecule has 6 heteroatoms. The minimum Gasteiger partial charge on any atom is -0.385 e. The van der Waals surface area contributed by atoms with Crippen molar-refractivity contribution < 1.29 is 17.9 Å². The molecule has 1 heterocycles. The molecule has 0 aliphatic heterocycles. The van der Waals surface area contributed by atoms with Gasteiger partial charge in [0.1, 0.15) is 5.82 Å².